The molecule has 1 aromatic carbocycles. The first-order valence-electron chi connectivity index (χ1n) is 5.10. The number of fused-ring (bicyclic) bond motifs is 1. The molecule has 0 bridgehead atoms. The first-order valence-corrected chi connectivity index (χ1v) is 5.10. The van der Waals surface area contributed by atoms with Crippen LogP contribution in [-0.2, 0) is 0 Å². The summed E-state index contributed by atoms with van der Waals surface area (Å²) >= 11 is 0. The van der Waals surface area contributed by atoms with Gasteiger partial charge in [0.2, 0.25) is 5.78 Å². The van der Waals surface area contributed by atoms with Crippen molar-refractivity contribution in [3.8, 4) is 0 Å². The van der Waals surface area contributed by atoms with Crippen molar-refractivity contribution in [1.29, 1.82) is 0 Å². The highest BCUT2D eigenvalue weighted by Crippen LogP contribution is 2.14. The van der Waals surface area contributed by atoms with Crippen LogP contribution in [0.2, 0.25) is 0 Å². The van der Waals surface area contributed by atoms with Gasteiger partial charge in [0.25, 0.3) is 0 Å². The third kappa shape index (κ3) is 1.57. The van der Waals surface area contributed by atoms with Crippen LogP contribution in [0.5, 0.6) is 0 Å². The number of carbonyl (C=O) groups excluding carboxylic acids is 1. The highest BCUT2D eigenvalue weighted by molar-refractivity contribution is 6.13. The number of nitrogens with one attached hydrogen (secondary N) is 1. The molecule has 5 heteroatoms. The summed E-state index contributed by atoms with van der Waals surface area (Å²) in [5.74, 6) is -0.137. The molecule has 0 unspecified atom stereocenters. The molecule has 0 saturated carbocycles. The number of aromatic nitrogens is 4. The van der Waals surface area contributed by atoms with Crippen molar-refractivity contribution < 1.29 is 4.79 Å². The van der Waals surface area contributed by atoms with Crippen molar-refractivity contribution in [3.63, 3.8) is 0 Å². The number of imidazole rings is 1. The van der Waals surface area contributed by atoms with Crippen LogP contribution in [0.1, 0.15) is 16.1 Å². The van der Waals surface area contributed by atoms with Gasteiger partial charge in [0.15, 0.2) is 5.65 Å². The number of hydrogen-bond acceptors (Lipinski definition) is 4. The second-order valence-electron chi connectivity index (χ2n) is 3.52. The van der Waals surface area contributed by atoms with E-state index in [1.807, 2.05) is 18.2 Å². The molecule has 0 spiro atoms. The van der Waals surface area contributed by atoms with E-state index in [4.69, 9.17) is 0 Å². The zero-order chi connectivity index (χ0) is 11.7. The summed E-state index contributed by atoms with van der Waals surface area (Å²) in [5.41, 5.74) is 2.02. The number of hydrogen-bond donors (Lipinski definition) is 1. The molecular formula is C12H8N4O. The zero-order valence-electron chi connectivity index (χ0n) is 8.79. The van der Waals surface area contributed by atoms with Crippen LogP contribution in [0.15, 0.2) is 43.0 Å². The predicted molar refractivity (Wildman–Crippen MR) is 61.6 cm³/mol. The predicted octanol–water partition coefficient (Wildman–Crippen LogP) is 1.58. The molecule has 0 amide bonds. The molecule has 0 atom stereocenters. The summed E-state index contributed by atoms with van der Waals surface area (Å²) < 4.78 is 0. The average molecular weight is 224 g/mol. The van der Waals surface area contributed by atoms with Crippen molar-refractivity contribution in [2.45, 2.75) is 0 Å². The largest absolute Gasteiger partial charge is 0.341 e. The number of carbonyl (C=O) groups is 1. The lowest BCUT2D eigenvalue weighted by Gasteiger charge is -2.00. The highest BCUT2D eigenvalue weighted by atomic mass is 16.1. The standard InChI is InChI=1S/C12H8N4O/c17-11(8-4-2-1-3-5-8)9-10-12(15-6-13-9)16-7-14-10/h1-7H,(H,13,14,15,16). The van der Waals surface area contributed by atoms with E-state index in [1.54, 1.807) is 12.1 Å². The minimum absolute atomic E-state index is 0.137. The van der Waals surface area contributed by atoms with E-state index in [1.165, 1.54) is 12.7 Å². The summed E-state index contributed by atoms with van der Waals surface area (Å²) in [6.45, 7) is 0. The quantitative estimate of drug-likeness (QED) is 0.671. The van der Waals surface area contributed by atoms with E-state index in [-0.39, 0.29) is 5.78 Å². The maximum absolute atomic E-state index is 12.2. The van der Waals surface area contributed by atoms with Crippen LogP contribution in [0, 0.1) is 0 Å². The van der Waals surface area contributed by atoms with Gasteiger partial charge < -0.3 is 4.98 Å². The number of rotatable bonds is 2. The minimum Gasteiger partial charge on any atom is -0.341 e. The van der Waals surface area contributed by atoms with E-state index < -0.39 is 0 Å². The molecule has 3 aromatic rings. The van der Waals surface area contributed by atoms with Crippen LogP contribution >= 0.6 is 0 Å². The molecule has 0 aliphatic carbocycles. The Hall–Kier alpha value is -2.56. The van der Waals surface area contributed by atoms with Gasteiger partial charge in [-0.3, -0.25) is 4.79 Å². The number of ketones is 1. The van der Waals surface area contributed by atoms with Gasteiger partial charge in [-0.2, -0.15) is 0 Å². The zero-order valence-corrected chi connectivity index (χ0v) is 8.79. The Balaban J connectivity index is 2.16. The molecule has 0 fully saturated rings. The fourth-order valence-corrected chi connectivity index (χ4v) is 1.66. The number of H-pyrrole nitrogens is 1. The lowest BCUT2D eigenvalue weighted by atomic mass is 10.1. The van der Waals surface area contributed by atoms with E-state index in [9.17, 15) is 4.79 Å². The highest BCUT2D eigenvalue weighted by Gasteiger charge is 2.15. The molecule has 3 rings (SSSR count). The SMILES string of the molecule is O=C(c1ccccc1)c1ncnc2nc[nH]c12. The fraction of sp³-hybridized carbons (Fsp3) is 0. The molecule has 0 aliphatic rings. The van der Waals surface area contributed by atoms with Crippen molar-refractivity contribution in [1.82, 2.24) is 19.9 Å². The van der Waals surface area contributed by atoms with Gasteiger partial charge >= 0.3 is 0 Å². The van der Waals surface area contributed by atoms with Crippen LogP contribution in [0.25, 0.3) is 11.2 Å². The lowest BCUT2D eigenvalue weighted by molar-refractivity contribution is 0.103. The molecule has 0 saturated heterocycles. The van der Waals surface area contributed by atoms with Gasteiger partial charge in [0.1, 0.15) is 17.5 Å². The van der Waals surface area contributed by atoms with E-state index >= 15 is 0 Å². The maximum Gasteiger partial charge on any atom is 0.213 e. The van der Waals surface area contributed by atoms with Crippen molar-refractivity contribution in [2.75, 3.05) is 0 Å². The van der Waals surface area contributed by atoms with Crippen LogP contribution in [0.4, 0.5) is 0 Å². The third-order valence-corrected chi connectivity index (χ3v) is 2.47. The molecular weight excluding hydrogens is 216 g/mol. The summed E-state index contributed by atoms with van der Waals surface area (Å²) in [5, 5.41) is 0. The average Bonchev–Trinajstić information content (AvgIpc) is 2.87. The van der Waals surface area contributed by atoms with Crippen molar-refractivity contribution in [2.24, 2.45) is 0 Å². The molecule has 2 aromatic heterocycles. The van der Waals surface area contributed by atoms with Crippen molar-refractivity contribution in [3.05, 3.63) is 54.2 Å². The molecule has 0 radical (unpaired) electrons. The van der Waals surface area contributed by atoms with Gasteiger partial charge in [-0.25, -0.2) is 15.0 Å². The second kappa shape index (κ2) is 3.79. The number of benzene rings is 1. The maximum atomic E-state index is 12.2. The Morgan fingerprint density at radius 3 is 2.71 bits per heavy atom. The van der Waals surface area contributed by atoms with Gasteiger partial charge in [0.05, 0.1) is 6.33 Å². The normalized spacial score (nSPS) is 10.6. The Morgan fingerprint density at radius 2 is 1.88 bits per heavy atom. The molecule has 5 nitrogen and oxygen atoms in total. The third-order valence-electron chi connectivity index (χ3n) is 2.47. The van der Waals surface area contributed by atoms with Crippen molar-refractivity contribution >= 4 is 16.9 Å². The Labute approximate surface area is 96.6 Å². The lowest BCUT2D eigenvalue weighted by Crippen LogP contribution is -2.05. The summed E-state index contributed by atoms with van der Waals surface area (Å²) in [4.78, 5) is 27.1. The van der Waals surface area contributed by atoms with Gasteiger partial charge in [-0.1, -0.05) is 30.3 Å². The monoisotopic (exact) mass is 224 g/mol. The summed E-state index contributed by atoms with van der Waals surface area (Å²) in [6, 6.07) is 9.01. The van der Waals surface area contributed by atoms with Crippen LogP contribution in [-0.4, -0.2) is 25.7 Å². The Bertz CT molecular complexity index is 675. The second-order valence-corrected chi connectivity index (χ2v) is 3.52. The van der Waals surface area contributed by atoms with Gasteiger partial charge in [-0.15, -0.1) is 0 Å². The Kier molecular flexibility index (Phi) is 2.15. The molecule has 0 aliphatic heterocycles. The van der Waals surface area contributed by atoms with E-state index in [2.05, 4.69) is 19.9 Å². The first kappa shape index (κ1) is 9.65. The van der Waals surface area contributed by atoms with Crippen LogP contribution < -0.4 is 0 Å². The van der Waals surface area contributed by atoms with Crippen LogP contribution in [0.3, 0.4) is 0 Å². The van der Waals surface area contributed by atoms with Gasteiger partial charge in [-0.05, 0) is 0 Å². The topological polar surface area (TPSA) is 71.5 Å². The van der Waals surface area contributed by atoms with Gasteiger partial charge in [0, 0.05) is 5.56 Å². The Morgan fingerprint density at radius 1 is 1.06 bits per heavy atom. The van der Waals surface area contributed by atoms with E-state index in [0.29, 0.717) is 22.4 Å². The summed E-state index contributed by atoms with van der Waals surface area (Å²) in [6.07, 6.45) is 2.85. The molecule has 2 heterocycles. The fourth-order valence-electron chi connectivity index (χ4n) is 1.66. The molecule has 17 heavy (non-hydrogen) atoms. The molecule has 82 valence electrons. The number of aromatic amines is 1. The smallest absolute Gasteiger partial charge is 0.213 e. The first-order chi connectivity index (χ1) is 8.36. The van der Waals surface area contributed by atoms with E-state index in [0.717, 1.165) is 0 Å². The summed E-state index contributed by atoms with van der Waals surface area (Å²) in [7, 11) is 0. The number of nitrogens with zero attached hydrogens (tertiary/aromatic N) is 3. The molecule has 1 N–H and O–H groups in total. The minimum atomic E-state index is -0.137.